The number of anilines is 1. The first kappa shape index (κ1) is 20.8. The van der Waals surface area contributed by atoms with Crippen molar-refractivity contribution in [3.05, 3.63) is 69.8 Å². The van der Waals surface area contributed by atoms with Crippen LogP contribution in [0.1, 0.15) is 28.8 Å². The lowest BCUT2D eigenvalue weighted by Crippen LogP contribution is -2.54. The predicted molar refractivity (Wildman–Crippen MR) is 117 cm³/mol. The summed E-state index contributed by atoms with van der Waals surface area (Å²) in [6.45, 7) is 4.92. The zero-order chi connectivity index (χ0) is 22.0. The van der Waals surface area contributed by atoms with Crippen molar-refractivity contribution in [3.8, 4) is 0 Å². The van der Waals surface area contributed by atoms with E-state index >= 15 is 0 Å². The second kappa shape index (κ2) is 8.75. The number of rotatable bonds is 4. The summed E-state index contributed by atoms with van der Waals surface area (Å²) in [5, 5.41) is 11.0. The van der Waals surface area contributed by atoms with Gasteiger partial charge in [-0.3, -0.25) is 19.7 Å². The molecule has 2 heterocycles. The number of amides is 2. The van der Waals surface area contributed by atoms with Crippen molar-refractivity contribution >= 4 is 23.2 Å². The van der Waals surface area contributed by atoms with Gasteiger partial charge in [0.2, 0.25) is 5.91 Å². The fraction of sp³-hybridized carbons (Fsp3) is 0.391. The molecule has 2 aliphatic rings. The molecule has 0 aromatic heterocycles. The molecule has 2 aromatic carbocycles. The molecule has 2 saturated heterocycles. The standard InChI is InChI=1S/C23H26N4O4/c1-17-16-18(9-10-20(17)27(30)31)22(28)26-11-5-8-21(26)23(29)25-14-12-24(13-15-25)19-6-3-2-4-7-19/h2-4,6-7,9-10,16,21H,5,8,11-15H2,1H3. The van der Waals surface area contributed by atoms with Gasteiger partial charge in [-0.1, -0.05) is 18.2 Å². The summed E-state index contributed by atoms with van der Waals surface area (Å²) in [6, 6.07) is 14.1. The normalized spacial score (nSPS) is 18.9. The molecule has 0 bridgehead atoms. The zero-order valence-corrected chi connectivity index (χ0v) is 17.6. The van der Waals surface area contributed by atoms with Gasteiger partial charge >= 0.3 is 0 Å². The van der Waals surface area contributed by atoms with Gasteiger partial charge in [0.25, 0.3) is 11.6 Å². The summed E-state index contributed by atoms with van der Waals surface area (Å²) in [5.41, 5.74) is 1.97. The summed E-state index contributed by atoms with van der Waals surface area (Å²) in [7, 11) is 0. The maximum atomic E-state index is 13.2. The van der Waals surface area contributed by atoms with Crippen molar-refractivity contribution < 1.29 is 14.5 Å². The van der Waals surface area contributed by atoms with Gasteiger partial charge in [-0.15, -0.1) is 0 Å². The Kier molecular flexibility index (Phi) is 5.88. The third kappa shape index (κ3) is 4.23. The number of benzene rings is 2. The van der Waals surface area contributed by atoms with Crippen LogP contribution in [0, 0.1) is 17.0 Å². The average molecular weight is 422 g/mol. The minimum atomic E-state index is -0.466. The van der Waals surface area contributed by atoms with Gasteiger partial charge < -0.3 is 14.7 Å². The van der Waals surface area contributed by atoms with Gasteiger partial charge in [0.1, 0.15) is 6.04 Å². The van der Waals surface area contributed by atoms with E-state index in [2.05, 4.69) is 17.0 Å². The van der Waals surface area contributed by atoms with Crippen LogP contribution in [0.5, 0.6) is 0 Å². The molecule has 2 aliphatic heterocycles. The fourth-order valence-corrected chi connectivity index (χ4v) is 4.46. The minimum Gasteiger partial charge on any atom is -0.368 e. The van der Waals surface area contributed by atoms with E-state index in [4.69, 9.17) is 0 Å². The van der Waals surface area contributed by atoms with Crippen LogP contribution in [-0.4, -0.2) is 65.3 Å². The number of piperazine rings is 1. The molecule has 1 unspecified atom stereocenters. The highest BCUT2D eigenvalue weighted by molar-refractivity contribution is 5.98. The number of hydrogen-bond acceptors (Lipinski definition) is 5. The number of nitrogens with zero attached hydrogens (tertiary/aromatic N) is 4. The SMILES string of the molecule is Cc1cc(C(=O)N2CCCC2C(=O)N2CCN(c3ccccc3)CC2)ccc1[N+](=O)[O-]. The number of likely N-dealkylation sites (tertiary alicyclic amines) is 1. The number of carbonyl (C=O) groups is 2. The Balaban J connectivity index is 1.42. The van der Waals surface area contributed by atoms with E-state index in [1.807, 2.05) is 23.1 Å². The van der Waals surface area contributed by atoms with E-state index < -0.39 is 11.0 Å². The van der Waals surface area contributed by atoms with E-state index in [1.165, 1.54) is 12.1 Å². The summed E-state index contributed by atoms with van der Waals surface area (Å²) in [6.07, 6.45) is 1.42. The highest BCUT2D eigenvalue weighted by atomic mass is 16.6. The Morgan fingerprint density at radius 2 is 1.71 bits per heavy atom. The van der Waals surface area contributed by atoms with Gasteiger partial charge in [-0.2, -0.15) is 0 Å². The van der Waals surface area contributed by atoms with Crippen LogP contribution < -0.4 is 4.90 Å². The molecule has 8 heteroatoms. The first-order valence-electron chi connectivity index (χ1n) is 10.6. The van der Waals surface area contributed by atoms with Crippen molar-refractivity contribution in [1.29, 1.82) is 0 Å². The molecule has 1 atom stereocenters. The molecule has 2 fully saturated rings. The van der Waals surface area contributed by atoms with E-state index in [9.17, 15) is 19.7 Å². The quantitative estimate of drug-likeness (QED) is 0.559. The summed E-state index contributed by atoms with van der Waals surface area (Å²) in [5.74, 6) is -0.242. The van der Waals surface area contributed by atoms with Crippen LogP contribution in [0.2, 0.25) is 0 Å². The topological polar surface area (TPSA) is 87.0 Å². The molecule has 0 N–H and O–H groups in total. The zero-order valence-electron chi connectivity index (χ0n) is 17.6. The fourth-order valence-electron chi connectivity index (χ4n) is 4.46. The van der Waals surface area contributed by atoms with E-state index in [0.717, 1.165) is 25.2 Å². The van der Waals surface area contributed by atoms with Crippen LogP contribution in [0.3, 0.4) is 0 Å². The molecule has 0 aliphatic carbocycles. The van der Waals surface area contributed by atoms with Gasteiger partial charge in [-0.25, -0.2) is 0 Å². The van der Waals surface area contributed by atoms with Crippen LogP contribution in [0.15, 0.2) is 48.5 Å². The molecule has 0 saturated carbocycles. The molecule has 162 valence electrons. The predicted octanol–water partition coefficient (Wildman–Crippen LogP) is 2.86. The second-order valence-electron chi connectivity index (χ2n) is 8.06. The van der Waals surface area contributed by atoms with Crippen molar-refractivity contribution in [2.24, 2.45) is 0 Å². The Morgan fingerprint density at radius 1 is 1.00 bits per heavy atom. The summed E-state index contributed by atoms with van der Waals surface area (Å²) in [4.78, 5) is 42.7. The molecular weight excluding hydrogens is 396 g/mol. The van der Waals surface area contributed by atoms with Gasteiger partial charge in [0, 0.05) is 55.6 Å². The van der Waals surface area contributed by atoms with E-state index in [-0.39, 0.29) is 17.5 Å². The van der Waals surface area contributed by atoms with Crippen molar-refractivity contribution in [2.45, 2.75) is 25.8 Å². The van der Waals surface area contributed by atoms with Crippen molar-refractivity contribution in [2.75, 3.05) is 37.6 Å². The summed E-state index contributed by atoms with van der Waals surface area (Å²) < 4.78 is 0. The minimum absolute atomic E-state index is 0.00260. The lowest BCUT2D eigenvalue weighted by molar-refractivity contribution is -0.385. The van der Waals surface area contributed by atoms with Gasteiger partial charge in [0.15, 0.2) is 0 Å². The highest BCUT2D eigenvalue weighted by Crippen LogP contribution is 2.25. The van der Waals surface area contributed by atoms with E-state index in [1.54, 1.807) is 17.9 Å². The number of carbonyl (C=O) groups excluding carboxylic acids is 2. The van der Waals surface area contributed by atoms with Crippen molar-refractivity contribution in [3.63, 3.8) is 0 Å². The lowest BCUT2D eigenvalue weighted by Gasteiger charge is -2.38. The Hall–Kier alpha value is -3.42. The monoisotopic (exact) mass is 422 g/mol. The molecule has 0 spiro atoms. The molecule has 4 rings (SSSR count). The third-order valence-electron chi connectivity index (χ3n) is 6.15. The second-order valence-corrected chi connectivity index (χ2v) is 8.06. The molecule has 8 nitrogen and oxygen atoms in total. The number of para-hydroxylation sites is 1. The first-order chi connectivity index (χ1) is 15.0. The maximum absolute atomic E-state index is 13.2. The lowest BCUT2D eigenvalue weighted by atomic mass is 10.1. The van der Waals surface area contributed by atoms with Crippen molar-refractivity contribution in [1.82, 2.24) is 9.80 Å². The molecule has 2 aromatic rings. The summed E-state index contributed by atoms with van der Waals surface area (Å²) >= 11 is 0. The van der Waals surface area contributed by atoms with Crippen LogP contribution in [0.25, 0.3) is 0 Å². The smallest absolute Gasteiger partial charge is 0.272 e. The number of nitro benzene ring substituents is 1. The van der Waals surface area contributed by atoms with Gasteiger partial charge in [-0.05, 0) is 44.0 Å². The van der Waals surface area contributed by atoms with Gasteiger partial charge in [0.05, 0.1) is 4.92 Å². The van der Waals surface area contributed by atoms with Crippen LogP contribution in [0.4, 0.5) is 11.4 Å². The Bertz CT molecular complexity index is 986. The number of nitro groups is 1. The Morgan fingerprint density at radius 3 is 2.35 bits per heavy atom. The average Bonchev–Trinajstić information content (AvgIpc) is 3.28. The number of aryl methyl sites for hydroxylation is 1. The third-order valence-corrected chi connectivity index (χ3v) is 6.15. The molecule has 2 amide bonds. The number of hydrogen-bond donors (Lipinski definition) is 0. The maximum Gasteiger partial charge on any atom is 0.272 e. The highest BCUT2D eigenvalue weighted by Gasteiger charge is 2.38. The molecule has 31 heavy (non-hydrogen) atoms. The first-order valence-corrected chi connectivity index (χ1v) is 10.6. The Labute approximate surface area is 181 Å². The largest absolute Gasteiger partial charge is 0.368 e. The van der Waals surface area contributed by atoms with E-state index in [0.29, 0.717) is 37.2 Å². The molecular formula is C23H26N4O4. The van der Waals surface area contributed by atoms with Crippen LogP contribution >= 0.6 is 0 Å². The van der Waals surface area contributed by atoms with Crippen LogP contribution in [-0.2, 0) is 4.79 Å². The molecule has 0 radical (unpaired) electrons.